The summed E-state index contributed by atoms with van der Waals surface area (Å²) in [7, 11) is -3.11. The molecule has 0 amide bonds. The van der Waals surface area contributed by atoms with Crippen molar-refractivity contribution in [3.8, 4) is 0 Å². The maximum Gasteiger partial charge on any atom is 0.226 e. The fraction of sp³-hybridized carbons (Fsp3) is 0.692. The van der Waals surface area contributed by atoms with Crippen LogP contribution in [-0.4, -0.2) is 43.8 Å². The van der Waals surface area contributed by atoms with Crippen LogP contribution in [0.2, 0.25) is 0 Å². The number of sulfonamides is 1. The van der Waals surface area contributed by atoms with Crippen LogP contribution in [0.15, 0.2) is 6.07 Å². The first-order valence-corrected chi connectivity index (χ1v) is 8.78. The van der Waals surface area contributed by atoms with Crippen LogP contribution >= 0.6 is 0 Å². The summed E-state index contributed by atoms with van der Waals surface area (Å²) in [6.45, 7) is 5.33. The van der Waals surface area contributed by atoms with Gasteiger partial charge in [-0.15, -0.1) is 0 Å². The summed E-state index contributed by atoms with van der Waals surface area (Å²) >= 11 is 0. The van der Waals surface area contributed by atoms with Gasteiger partial charge in [-0.2, -0.15) is 0 Å². The van der Waals surface area contributed by atoms with Gasteiger partial charge < -0.3 is 4.90 Å². The second kappa shape index (κ2) is 6.05. The van der Waals surface area contributed by atoms with E-state index in [4.69, 9.17) is 0 Å². The first-order chi connectivity index (χ1) is 9.35. The average Bonchev–Trinajstić information content (AvgIpc) is 2.74. The van der Waals surface area contributed by atoms with Gasteiger partial charge in [0.25, 0.3) is 0 Å². The molecule has 2 heterocycles. The molecule has 0 unspecified atom stereocenters. The molecule has 1 aliphatic heterocycles. The number of aryl methyl sites for hydroxylation is 2. The third-order valence-electron chi connectivity index (χ3n) is 3.45. The zero-order chi connectivity index (χ0) is 14.8. The molecule has 2 rings (SSSR count). The lowest BCUT2D eigenvalue weighted by atomic mass is 10.1. The van der Waals surface area contributed by atoms with Crippen LogP contribution in [0.3, 0.4) is 0 Å². The molecule has 1 N–H and O–H groups in total. The van der Waals surface area contributed by atoms with Crippen molar-refractivity contribution in [1.29, 1.82) is 0 Å². The highest BCUT2D eigenvalue weighted by Gasteiger charge is 2.26. The molecule has 6 nitrogen and oxygen atoms in total. The normalized spacial score (nSPS) is 19.6. The van der Waals surface area contributed by atoms with Crippen molar-refractivity contribution in [1.82, 2.24) is 14.7 Å². The lowest BCUT2D eigenvalue weighted by Gasteiger charge is -2.25. The van der Waals surface area contributed by atoms with E-state index in [1.807, 2.05) is 19.9 Å². The fourth-order valence-electron chi connectivity index (χ4n) is 2.65. The zero-order valence-corrected chi connectivity index (χ0v) is 13.1. The maximum atomic E-state index is 11.1. The molecule has 1 fully saturated rings. The number of hydrogen-bond acceptors (Lipinski definition) is 5. The predicted octanol–water partition coefficient (Wildman–Crippen LogP) is 1.00. The zero-order valence-electron chi connectivity index (χ0n) is 12.3. The minimum absolute atomic E-state index is 0.311. The molecule has 1 aliphatic rings. The Labute approximate surface area is 120 Å². The number of rotatable bonds is 5. The second-order valence-corrected chi connectivity index (χ2v) is 7.23. The Balaban J connectivity index is 2.03. The molecule has 0 bridgehead atoms. The fourth-order valence-corrected chi connectivity index (χ4v) is 3.13. The summed E-state index contributed by atoms with van der Waals surface area (Å²) in [5, 5.41) is 0. The van der Waals surface area contributed by atoms with Gasteiger partial charge in [0, 0.05) is 30.5 Å². The molecule has 1 aromatic heterocycles. The molecule has 7 heteroatoms. The predicted molar refractivity (Wildman–Crippen MR) is 79.3 cm³/mol. The molecule has 112 valence electrons. The summed E-state index contributed by atoms with van der Waals surface area (Å²) in [4.78, 5) is 11.2. The SMILES string of the molecule is Cc1cc(C)nc(N2CCC[C@@H]2CCNS(C)(=O)=O)n1. The van der Waals surface area contributed by atoms with E-state index >= 15 is 0 Å². The number of aromatic nitrogens is 2. The Kier molecular flexibility index (Phi) is 4.59. The van der Waals surface area contributed by atoms with Crippen LogP contribution in [-0.2, 0) is 10.0 Å². The summed E-state index contributed by atoms with van der Waals surface area (Å²) < 4.78 is 24.7. The Hall–Kier alpha value is -1.21. The van der Waals surface area contributed by atoms with Gasteiger partial charge in [-0.25, -0.2) is 23.1 Å². The van der Waals surface area contributed by atoms with Gasteiger partial charge in [0.2, 0.25) is 16.0 Å². The van der Waals surface area contributed by atoms with Gasteiger partial charge in [0.05, 0.1) is 6.26 Å². The highest BCUT2D eigenvalue weighted by atomic mass is 32.2. The average molecular weight is 298 g/mol. The molecular formula is C13H22N4O2S. The van der Waals surface area contributed by atoms with E-state index in [0.717, 1.165) is 43.1 Å². The van der Waals surface area contributed by atoms with E-state index in [9.17, 15) is 8.42 Å². The van der Waals surface area contributed by atoms with Crippen LogP contribution in [0, 0.1) is 13.8 Å². The highest BCUT2D eigenvalue weighted by Crippen LogP contribution is 2.24. The van der Waals surface area contributed by atoms with Gasteiger partial charge in [-0.05, 0) is 39.2 Å². The van der Waals surface area contributed by atoms with Gasteiger partial charge in [0.15, 0.2) is 0 Å². The Bertz CT molecular complexity index is 553. The number of nitrogens with zero attached hydrogens (tertiary/aromatic N) is 3. The van der Waals surface area contributed by atoms with Gasteiger partial charge >= 0.3 is 0 Å². The van der Waals surface area contributed by atoms with E-state index in [0.29, 0.717) is 12.6 Å². The molecule has 1 aromatic rings. The lowest BCUT2D eigenvalue weighted by Crippen LogP contribution is -2.34. The van der Waals surface area contributed by atoms with Crippen molar-refractivity contribution in [2.75, 3.05) is 24.2 Å². The van der Waals surface area contributed by atoms with Crippen LogP contribution < -0.4 is 9.62 Å². The van der Waals surface area contributed by atoms with Crippen molar-refractivity contribution in [2.45, 2.75) is 39.2 Å². The molecular weight excluding hydrogens is 276 g/mol. The van der Waals surface area contributed by atoms with Crippen LogP contribution in [0.1, 0.15) is 30.7 Å². The number of nitrogens with one attached hydrogen (secondary N) is 1. The smallest absolute Gasteiger partial charge is 0.226 e. The lowest BCUT2D eigenvalue weighted by molar-refractivity contribution is 0.564. The summed E-state index contributed by atoms with van der Waals surface area (Å²) in [6.07, 6.45) is 4.12. The summed E-state index contributed by atoms with van der Waals surface area (Å²) in [5.74, 6) is 0.768. The van der Waals surface area contributed by atoms with E-state index in [2.05, 4.69) is 19.6 Å². The summed E-state index contributed by atoms with van der Waals surface area (Å²) in [6, 6.07) is 2.27. The monoisotopic (exact) mass is 298 g/mol. The van der Waals surface area contributed by atoms with E-state index < -0.39 is 10.0 Å². The molecule has 0 radical (unpaired) electrons. The molecule has 1 saturated heterocycles. The Morgan fingerprint density at radius 2 is 2.00 bits per heavy atom. The molecule has 0 spiro atoms. The van der Waals surface area contributed by atoms with Crippen LogP contribution in [0.4, 0.5) is 5.95 Å². The quantitative estimate of drug-likeness (QED) is 0.878. The van der Waals surface area contributed by atoms with Gasteiger partial charge in [-0.1, -0.05) is 0 Å². The Morgan fingerprint density at radius 3 is 2.60 bits per heavy atom. The van der Waals surface area contributed by atoms with Crippen LogP contribution in [0.5, 0.6) is 0 Å². The topological polar surface area (TPSA) is 75.2 Å². The molecule has 0 saturated carbocycles. The van der Waals surface area contributed by atoms with E-state index in [1.165, 1.54) is 6.26 Å². The standard InChI is InChI=1S/C13H22N4O2S/c1-10-9-11(2)16-13(15-10)17-8-4-5-12(17)6-7-14-20(3,18)19/h9,12,14H,4-8H2,1-3H3/t12-/m1/s1. The Morgan fingerprint density at radius 1 is 1.35 bits per heavy atom. The maximum absolute atomic E-state index is 11.1. The van der Waals surface area contributed by atoms with Gasteiger partial charge in [-0.3, -0.25) is 0 Å². The minimum Gasteiger partial charge on any atom is -0.338 e. The van der Waals surface area contributed by atoms with Crippen molar-refractivity contribution in [3.05, 3.63) is 17.5 Å². The first-order valence-electron chi connectivity index (χ1n) is 6.89. The molecule has 20 heavy (non-hydrogen) atoms. The first kappa shape index (κ1) is 15.2. The van der Waals surface area contributed by atoms with Crippen LogP contribution in [0.25, 0.3) is 0 Å². The summed E-state index contributed by atoms with van der Waals surface area (Å²) in [5.41, 5.74) is 1.93. The molecule has 0 aliphatic carbocycles. The number of anilines is 1. The number of hydrogen-bond donors (Lipinski definition) is 1. The van der Waals surface area contributed by atoms with Crippen molar-refractivity contribution in [2.24, 2.45) is 0 Å². The van der Waals surface area contributed by atoms with Crippen molar-refractivity contribution in [3.63, 3.8) is 0 Å². The largest absolute Gasteiger partial charge is 0.338 e. The minimum atomic E-state index is -3.11. The van der Waals surface area contributed by atoms with E-state index in [-0.39, 0.29) is 0 Å². The second-order valence-electron chi connectivity index (χ2n) is 5.40. The van der Waals surface area contributed by atoms with Crippen molar-refractivity contribution >= 4 is 16.0 Å². The molecule has 1 atom stereocenters. The molecule has 0 aromatic carbocycles. The third-order valence-corrected chi connectivity index (χ3v) is 4.17. The highest BCUT2D eigenvalue weighted by molar-refractivity contribution is 7.88. The van der Waals surface area contributed by atoms with E-state index in [1.54, 1.807) is 0 Å². The van der Waals surface area contributed by atoms with Crippen molar-refractivity contribution < 1.29 is 8.42 Å². The van der Waals surface area contributed by atoms with Gasteiger partial charge in [0.1, 0.15) is 0 Å². The third kappa shape index (κ3) is 4.14.